The first-order valence-corrected chi connectivity index (χ1v) is 10.3. The summed E-state index contributed by atoms with van der Waals surface area (Å²) in [5, 5.41) is 3.69. The van der Waals surface area contributed by atoms with Gasteiger partial charge in [0.15, 0.2) is 5.96 Å². The number of aliphatic imine (C=N–C) groups is 1. The van der Waals surface area contributed by atoms with Gasteiger partial charge >= 0.3 is 0 Å². The number of hydrogen-bond acceptors (Lipinski definition) is 5. The molecule has 2 unspecified atom stereocenters. The van der Waals surface area contributed by atoms with E-state index in [9.17, 15) is 0 Å². The number of nitrogens with zero attached hydrogens (tertiary/aromatic N) is 3. The zero-order valence-corrected chi connectivity index (χ0v) is 15.9. The molecule has 1 N–H and O–H groups in total. The minimum atomic E-state index is 0.260. The van der Waals surface area contributed by atoms with Crippen LogP contribution in [-0.4, -0.2) is 99.5 Å². The van der Waals surface area contributed by atoms with E-state index >= 15 is 0 Å². The van der Waals surface area contributed by atoms with Crippen molar-refractivity contribution in [2.24, 2.45) is 10.9 Å². The van der Waals surface area contributed by atoms with Crippen LogP contribution in [0.15, 0.2) is 4.99 Å². The van der Waals surface area contributed by atoms with Crippen LogP contribution in [-0.2, 0) is 9.47 Å². The van der Waals surface area contributed by atoms with Crippen molar-refractivity contribution in [3.8, 4) is 0 Å². The summed E-state index contributed by atoms with van der Waals surface area (Å²) < 4.78 is 10.9. The molecule has 0 aliphatic carbocycles. The second-order valence-electron chi connectivity index (χ2n) is 7.08. The molecule has 2 atom stereocenters. The average Bonchev–Trinajstić information content (AvgIpc) is 3.27. The van der Waals surface area contributed by atoms with Crippen LogP contribution in [0.5, 0.6) is 0 Å². The Bertz CT molecular complexity index is 423. The van der Waals surface area contributed by atoms with Crippen molar-refractivity contribution in [2.75, 3.05) is 78.2 Å². The van der Waals surface area contributed by atoms with Crippen LogP contribution in [0.2, 0.25) is 0 Å². The molecule has 7 heteroatoms. The largest absolute Gasteiger partial charge is 0.384 e. The van der Waals surface area contributed by atoms with Crippen molar-refractivity contribution >= 4 is 17.7 Å². The second-order valence-corrected chi connectivity index (χ2v) is 8.19. The Labute approximate surface area is 150 Å². The summed E-state index contributed by atoms with van der Waals surface area (Å²) in [5.41, 5.74) is 0.260. The summed E-state index contributed by atoms with van der Waals surface area (Å²) in [6, 6.07) is 0. The van der Waals surface area contributed by atoms with E-state index < -0.39 is 0 Å². The van der Waals surface area contributed by atoms with Gasteiger partial charge in [0.05, 0.1) is 19.8 Å². The van der Waals surface area contributed by atoms with Gasteiger partial charge in [-0.25, -0.2) is 0 Å². The molecule has 0 bridgehead atoms. The van der Waals surface area contributed by atoms with Crippen LogP contribution in [0.4, 0.5) is 0 Å². The van der Waals surface area contributed by atoms with E-state index in [0.717, 1.165) is 58.5 Å². The maximum absolute atomic E-state index is 5.55. The predicted octanol–water partition coefficient (Wildman–Crippen LogP) is 0.738. The van der Waals surface area contributed by atoms with E-state index in [1.807, 2.05) is 7.05 Å². The molecule has 6 nitrogen and oxygen atoms in total. The summed E-state index contributed by atoms with van der Waals surface area (Å²) in [7, 11) is 3.69. The van der Waals surface area contributed by atoms with Crippen molar-refractivity contribution in [2.45, 2.75) is 18.4 Å². The van der Waals surface area contributed by atoms with Crippen LogP contribution in [0, 0.1) is 5.92 Å². The Morgan fingerprint density at radius 1 is 1.38 bits per heavy atom. The highest BCUT2D eigenvalue weighted by atomic mass is 32.2. The quantitative estimate of drug-likeness (QED) is 0.579. The van der Waals surface area contributed by atoms with Gasteiger partial charge in [-0.15, -0.1) is 0 Å². The van der Waals surface area contributed by atoms with Crippen molar-refractivity contribution in [3.05, 3.63) is 0 Å². The van der Waals surface area contributed by atoms with Gasteiger partial charge in [-0.3, -0.25) is 9.89 Å². The van der Waals surface area contributed by atoms with Gasteiger partial charge in [0.2, 0.25) is 0 Å². The monoisotopic (exact) mass is 356 g/mol. The number of nitrogens with one attached hydrogen (secondary N) is 1. The first-order valence-electron chi connectivity index (χ1n) is 9.12. The van der Waals surface area contributed by atoms with Crippen molar-refractivity contribution in [1.29, 1.82) is 0 Å². The van der Waals surface area contributed by atoms with Gasteiger partial charge in [-0.1, -0.05) is 0 Å². The van der Waals surface area contributed by atoms with Gasteiger partial charge in [0.25, 0.3) is 0 Å². The number of guanidine groups is 1. The molecule has 3 rings (SSSR count). The molecule has 0 spiro atoms. The van der Waals surface area contributed by atoms with Gasteiger partial charge < -0.3 is 19.7 Å². The van der Waals surface area contributed by atoms with E-state index in [4.69, 9.17) is 9.47 Å². The predicted molar refractivity (Wildman–Crippen MR) is 100.0 cm³/mol. The van der Waals surface area contributed by atoms with Crippen LogP contribution < -0.4 is 5.32 Å². The number of rotatable bonds is 5. The molecule has 0 aromatic rings. The molecule has 0 radical (unpaired) electrons. The topological polar surface area (TPSA) is 49.3 Å². The molecule has 0 aromatic carbocycles. The lowest BCUT2D eigenvalue weighted by atomic mass is 9.95. The van der Waals surface area contributed by atoms with Crippen LogP contribution in [0.25, 0.3) is 0 Å². The Morgan fingerprint density at radius 2 is 2.21 bits per heavy atom. The number of ether oxygens (including phenoxy) is 2. The summed E-state index contributed by atoms with van der Waals surface area (Å²) >= 11 is 2.08. The fourth-order valence-corrected chi connectivity index (χ4v) is 5.58. The number of hydrogen-bond donors (Lipinski definition) is 1. The zero-order chi connectivity index (χ0) is 16.8. The highest BCUT2D eigenvalue weighted by Gasteiger charge is 2.41. The summed E-state index contributed by atoms with van der Waals surface area (Å²) in [6.45, 7) is 7.80. The highest BCUT2D eigenvalue weighted by molar-refractivity contribution is 7.99. The lowest BCUT2D eigenvalue weighted by Crippen LogP contribution is -2.60. The number of morpholine rings is 1. The first kappa shape index (κ1) is 18.3. The number of methoxy groups -OCH3 is 1. The lowest BCUT2D eigenvalue weighted by Gasteiger charge is -2.43. The summed E-state index contributed by atoms with van der Waals surface area (Å²) in [5.74, 6) is 4.16. The molecular weight excluding hydrogens is 324 g/mol. The third kappa shape index (κ3) is 4.18. The molecule has 138 valence electrons. The SMILES string of the molecule is CN=C(NCC1(N2CCOCC2)CCSC1)N1CCC(COC)C1. The highest BCUT2D eigenvalue weighted by Crippen LogP contribution is 2.33. The van der Waals surface area contributed by atoms with E-state index in [1.54, 1.807) is 7.11 Å². The number of thioether (sulfide) groups is 1. The fraction of sp³-hybridized carbons (Fsp3) is 0.941. The molecular formula is C17H32N4O2S. The van der Waals surface area contributed by atoms with Gasteiger partial charge in [-0.05, 0) is 18.6 Å². The van der Waals surface area contributed by atoms with Gasteiger partial charge in [0, 0.05) is 64.1 Å². The van der Waals surface area contributed by atoms with Gasteiger partial charge in [-0.2, -0.15) is 11.8 Å². The van der Waals surface area contributed by atoms with E-state index in [0.29, 0.717) is 5.92 Å². The smallest absolute Gasteiger partial charge is 0.193 e. The molecule has 3 fully saturated rings. The maximum atomic E-state index is 5.55. The Hall–Kier alpha value is -0.500. The average molecular weight is 357 g/mol. The third-order valence-corrected chi connectivity index (χ3v) is 6.77. The molecule has 3 saturated heterocycles. The Morgan fingerprint density at radius 3 is 2.88 bits per heavy atom. The van der Waals surface area contributed by atoms with Crippen molar-refractivity contribution in [1.82, 2.24) is 15.1 Å². The third-order valence-electron chi connectivity index (χ3n) is 5.54. The molecule has 3 aliphatic heterocycles. The molecule has 3 aliphatic rings. The van der Waals surface area contributed by atoms with Crippen molar-refractivity contribution in [3.63, 3.8) is 0 Å². The normalized spacial score (nSPS) is 32.5. The Balaban J connectivity index is 1.57. The first-order chi connectivity index (χ1) is 11.8. The molecule has 3 heterocycles. The minimum Gasteiger partial charge on any atom is -0.384 e. The summed E-state index contributed by atoms with van der Waals surface area (Å²) in [6.07, 6.45) is 2.45. The molecule has 0 amide bonds. The van der Waals surface area contributed by atoms with E-state index in [2.05, 4.69) is 31.9 Å². The maximum Gasteiger partial charge on any atom is 0.193 e. The molecule has 0 saturated carbocycles. The van der Waals surface area contributed by atoms with Crippen LogP contribution in [0.1, 0.15) is 12.8 Å². The minimum absolute atomic E-state index is 0.260. The van der Waals surface area contributed by atoms with Crippen LogP contribution >= 0.6 is 11.8 Å². The fourth-order valence-electron chi connectivity index (χ4n) is 4.11. The van der Waals surface area contributed by atoms with Crippen molar-refractivity contribution < 1.29 is 9.47 Å². The standard InChI is InChI=1S/C17H32N4O2S/c1-18-16(20-5-3-15(11-20)12-22-2)19-13-17(4-10-24-14-17)21-6-8-23-9-7-21/h15H,3-14H2,1-2H3,(H,18,19). The lowest BCUT2D eigenvalue weighted by molar-refractivity contribution is -0.0121. The second kappa shape index (κ2) is 8.74. The Kier molecular flexibility index (Phi) is 6.66. The zero-order valence-electron chi connectivity index (χ0n) is 15.1. The van der Waals surface area contributed by atoms with E-state index in [1.165, 1.54) is 24.3 Å². The van der Waals surface area contributed by atoms with Gasteiger partial charge in [0.1, 0.15) is 0 Å². The molecule has 24 heavy (non-hydrogen) atoms. The molecule has 0 aromatic heterocycles. The number of likely N-dealkylation sites (tertiary alicyclic amines) is 1. The van der Waals surface area contributed by atoms with E-state index in [-0.39, 0.29) is 5.54 Å². The summed E-state index contributed by atoms with van der Waals surface area (Å²) in [4.78, 5) is 9.58. The van der Waals surface area contributed by atoms with Crippen LogP contribution in [0.3, 0.4) is 0 Å².